The third-order valence-electron chi connectivity index (χ3n) is 5.27. The van der Waals surface area contributed by atoms with Gasteiger partial charge in [-0.2, -0.15) is 4.98 Å². The summed E-state index contributed by atoms with van der Waals surface area (Å²) in [5.74, 6) is 2.26. The topological polar surface area (TPSA) is 68.5 Å². The maximum Gasteiger partial charge on any atom is 0.232 e. The van der Waals surface area contributed by atoms with E-state index in [2.05, 4.69) is 36.1 Å². The van der Waals surface area contributed by atoms with Crippen LogP contribution in [-0.2, 0) is 4.79 Å². The van der Waals surface area contributed by atoms with Gasteiger partial charge >= 0.3 is 0 Å². The van der Waals surface area contributed by atoms with Gasteiger partial charge in [-0.1, -0.05) is 31.1 Å². The lowest BCUT2D eigenvalue weighted by Gasteiger charge is -2.17. The minimum Gasteiger partial charge on any atom is -0.491 e. The second kappa shape index (κ2) is 8.30. The summed E-state index contributed by atoms with van der Waals surface area (Å²) in [7, 11) is 0. The molecular formula is C24H27N3O3. The average molecular weight is 405 g/mol. The van der Waals surface area contributed by atoms with E-state index in [0.717, 1.165) is 17.0 Å². The first-order chi connectivity index (χ1) is 14.4. The van der Waals surface area contributed by atoms with Crippen LogP contribution in [0.4, 0.5) is 5.69 Å². The average Bonchev–Trinajstić information content (AvgIpc) is 3.35. The number of nitrogens with zero attached hydrogens (tertiary/aromatic N) is 3. The third-order valence-corrected chi connectivity index (χ3v) is 5.27. The Morgan fingerprint density at radius 3 is 2.37 bits per heavy atom. The Hall–Kier alpha value is -3.15. The molecular weight excluding hydrogens is 378 g/mol. The SMILES string of the molecule is CC(C)Oc1ccc(-c2noc(C3CC(=O)N(c4ccc(C(C)C)cc4)C3)n2)cc1. The van der Waals surface area contributed by atoms with Crippen molar-refractivity contribution in [3.63, 3.8) is 0 Å². The van der Waals surface area contributed by atoms with E-state index >= 15 is 0 Å². The van der Waals surface area contributed by atoms with Crippen LogP contribution in [0.15, 0.2) is 53.1 Å². The molecule has 0 aliphatic carbocycles. The molecule has 6 heteroatoms. The number of amides is 1. The van der Waals surface area contributed by atoms with Crippen LogP contribution in [0.5, 0.6) is 5.75 Å². The molecule has 156 valence electrons. The van der Waals surface area contributed by atoms with Gasteiger partial charge in [0.1, 0.15) is 5.75 Å². The molecule has 2 heterocycles. The van der Waals surface area contributed by atoms with Crippen LogP contribution in [0.25, 0.3) is 11.4 Å². The fraction of sp³-hybridized carbons (Fsp3) is 0.375. The molecule has 1 aromatic heterocycles. The normalized spacial score (nSPS) is 16.7. The van der Waals surface area contributed by atoms with Crippen molar-refractivity contribution >= 4 is 11.6 Å². The molecule has 1 saturated heterocycles. The van der Waals surface area contributed by atoms with Gasteiger partial charge in [-0.3, -0.25) is 4.79 Å². The monoisotopic (exact) mass is 405 g/mol. The van der Waals surface area contributed by atoms with Gasteiger partial charge in [0.25, 0.3) is 0 Å². The van der Waals surface area contributed by atoms with E-state index in [9.17, 15) is 4.79 Å². The summed E-state index contributed by atoms with van der Waals surface area (Å²) in [5.41, 5.74) is 3.02. The molecule has 1 atom stereocenters. The smallest absolute Gasteiger partial charge is 0.232 e. The molecule has 0 N–H and O–H groups in total. The van der Waals surface area contributed by atoms with Crippen molar-refractivity contribution in [2.45, 2.75) is 52.1 Å². The molecule has 0 saturated carbocycles. The van der Waals surface area contributed by atoms with Crippen molar-refractivity contribution in [3.8, 4) is 17.1 Å². The largest absolute Gasteiger partial charge is 0.491 e. The Morgan fingerprint density at radius 1 is 1.03 bits per heavy atom. The lowest BCUT2D eigenvalue weighted by molar-refractivity contribution is -0.117. The molecule has 2 aromatic carbocycles. The maximum absolute atomic E-state index is 12.6. The Bertz CT molecular complexity index is 1010. The summed E-state index contributed by atoms with van der Waals surface area (Å²) in [6.07, 6.45) is 0.492. The van der Waals surface area contributed by atoms with Crippen molar-refractivity contribution in [1.29, 1.82) is 0 Å². The zero-order chi connectivity index (χ0) is 21.3. The van der Waals surface area contributed by atoms with Gasteiger partial charge < -0.3 is 14.2 Å². The van der Waals surface area contributed by atoms with Crippen LogP contribution in [0.2, 0.25) is 0 Å². The van der Waals surface area contributed by atoms with E-state index in [4.69, 9.17) is 9.26 Å². The van der Waals surface area contributed by atoms with Crippen LogP contribution < -0.4 is 9.64 Å². The molecule has 1 amide bonds. The number of ether oxygens (including phenoxy) is 1. The van der Waals surface area contributed by atoms with Crippen molar-refractivity contribution in [3.05, 3.63) is 60.0 Å². The highest BCUT2D eigenvalue weighted by Crippen LogP contribution is 2.32. The first kappa shape index (κ1) is 20.1. The lowest BCUT2D eigenvalue weighted by Crippen LogP contribution is -2.24. The number of hydrogen-bond acceptors (Lipinski definition) is 5. The van der Waals surface area contributed by atoms with Crippen molar-refractivity contribution in [2.24, 2.45) is 0 Å². The summed E-state index contributed by atoms with van der Waals surface area (Å²) in [5, 5.41) is 4.12. The molecule has 6 nitrogen and oxygen atoms in total. The first-order valence-corrected chi connectivity index (χ1v) is 10.4. The molecule has 1 aliphatic rings. The van der Waals surface area contributed by atoms with E-state index in [0.29, 0.717) is 30.6 Å². The fourth-order valence-electron chi connectivity index (χ4n) is 3.63. The number of benzene rings is 2. The summed E-state index contributed by atoms with van der Waals surface area (Å²) < 4.78 is 11.2. The molecule has 0 bridgehead atoms. The number of aromatic nitrogens is 2. The number of carbonyl (C=O) groups excluding carboxylic acids is 1. The molecule has 3 aromatic rings. The molecule has 0 spiro atoms. The summed E-state index contributed by atoms with van der Waals surface area (Å²) >= 11 is 0. The van der Waals surface area contributed by atoms with Crippen LogP contribution in [0.1, 0.15) is 57.4 Å². The van der Waals surface area contributed by atoms with Gasteiger partial charge in [0, 0.05) is 24.2 Å². The van der Waals surface area contributed by atoms with E-state index in [-0.39, 0.29) is 17.9 Å². The predicted molar refractivity (Wildman–Crippen MR) is 116 cm³/mol. The quantitative estimate of drug-likeness (QED) is 0.566. The lowest BCUT2D eigenvalue weighted by atomic mass is 10.0. The second-order valence-electron chi connectivity index (χ2n) is 8.30. The maximum atomic E-state index is 12.6. The predicted octanol–water partition coefficient (Wildman–Crippen LogP) is 5.17. The number of rotatable bonds is 6. The molecule has 1 fully saturated rings. The first-order valence-electron chi connectivity index (χ1n) is 10.4. The number of carbonyl (C=O) groups is 1. The minimum atomic E-state index is -0.105. The summed E-state index contributed by atoms with van der Waals surface area (Å²) in [6, 6.07) is 15.8. The van der Waals surface area contributed by atoms with Gasteiger partial charge in [-0.25, -0.2) is 0 Å². The van der Waals surface area contributed by atoms with Gasteiger partial charge in [-0.05, 0) is 61.7 Å². The van der Waals surface area contributed by atoms with Crippen LogP contribution in [0.3, 0.4) is 0 Å². The fourth-order valence-corrected chi connectivity index (χ4v) is 3.63. The zero-order valence-corrected chi connectivity index (χ0v) is 17.8. The van der Waals surface area contributed by atoms with Gasteiger partial charge in [-0.15, -0.1) is 0 Å². The van der Waals surface area contributed by atoms with Crippen molar-refractivity contribution < 1.29 is 14.1 Å². The van der Waals surface area contributed by atoms with E-state index in [1.165, 1.54) is 5.56 Å². The van der Waals surface area contributed by atoms with Crippen molar-refractivity contribution in [2.75, 3.05) is 11.4 Å². The molecule has 1 unspecified atom stereocenters. The van der Waals surface area contributed by atoms with Gasteiger partial charge in [0.15, 0.2) is 0 Å². The Morgan fingerprint density at radius 2 is 1.73 bits per heavy atom. The van der Waals surface area contributed by atoms with E-state index < -0.39 is 0 Å². The van der Waals surface area contributed by atoms with Crippen molar-refractivity contribution in [1.82, 2.24) is 10.1 Å². The van der Waals surface area contributed by atoms with Crippen LogP contribution in [-0.4, -0.2) is 28.7 Å². The highest BCUT2D eigenvalue weighted by atomic mass is 16.5. The summed E-state index contributed by atoms with van der Waals surface area (Å²) in [6.45, 7) is 8.84. The van der Waals surface area contributed by atoms with Gasteiger partial charge in [0.2, 0.25) is 17.6 Å². The number of hydrogen-bond donors (Lipinski definition) is 0. The highest BCUT2D eigenvalue weighted by Gasteiger charge is 2.35. The molecule has 1 aliphatic heterocycles. The van der Waals surface area contributed by atoms with Crippen LogP contribution >= 0.6 is 0 Å². The Kier molecular flexibility index (Phi) is 5.57. The molecule has 4 rings (SSSR count). The molecule has 0 radical (unpaired) electrons. The Balaban J connectivity index is 1.47. The third kappa shape index (κ3) is 4.22. The Labute approximate surface area is 176 Å². The number of anilines is 1. The zero-order valence-electron chi connectivity index (χ0n) is 17.8. The molecule has 30 heavy (non-hydrogen) atoms. The van der Waals surface area contributed by atoms with E-state index in [1.54, 1.807) is 4.90 Å². The van der Waals surface area contributed by atoms with Gasteiger partial charge in [0.05, 0.1) is 12.0 Å². The minimum absolute atomic E-state index is 0.0761. The standard InChI is InChI=1S/C24H27N3O3/c1-15(2)17-5-9-20(10-6-17)27-14-19(13-22(27)28)24-25-23(26-30-24)18-7-11-21(12-8-18)29-16(3)4/h5-12,15-16,19H,13-14H2,1-4H3. The second-order valence-corrected chi connectivity index (χ2v) is 8.30. The summed E-state index contributed by atoms with van der Waals surface area (Å²) in [4.78, 5) is 19.0. The van der Waals surface area contributed by atoms with Crippen LogP contribution in [0, 0.1) is 0 Å². The highest BCUT2D eigenvalue weighted by molar-refractivity contribution is 5.96. The van der Waals surface area contributed by atoms with E-state index in [1.807, 2.05) is 50.2 Å².